The lowest BCUT2D eigenvalue weighted by Crippen LogP contribution is -2.43. The zero-order valence-corrected chi connectivity index (χ0v) is 7.39. The molecule has 0 radical (unpaired) electrons. The molecule has 12 heavy (non-hydrogen) atoms. The Morgan fingerprint density at radius 2 is 2.67 bits per heavy atom. The van der Waals surface area contributed by atoms with E-state index < -0.39 is 5.41 Å². The molecule has 1 saturated heterocycles. The fourth-order valence-electron chi connectivity index (χ4n) is 1.59. The van der Waals surface area contributed by atoms with E-state index in [0.29, 0.717) is 24.9 Å². The molecule has 1 aliphatic heterocycles. The summed E-state index contributed by atoms with van der Waals surface area (Å²) in [5.74, 6) is 0. The second kappa shape index (κ2) is 3.54. The van der Waals surface area contributed by atoms with E-state index in [1.807, 2.05) is 11.8 Å². The van der Waals surface area contributed by atoms with Gasteiger partial charge >= 0.3 is 0 Å². The normalized spacial score (nSPS) is 36.9. The van der Waals surface area contributed by atoms with Gasteiger partial charge in [0.05, 0.1) is 12.9 Å². The molecule has 0 saturated carbocycles. The summed E-state index contributed by atoms with van der Waals surface area (Å²) in [5, 5.41) is 9.17. The molecule has 0 aliphatic carbocycles. The highest BCUT2D eigenvalue weighted by Crippen LogP contribution is 2.33. The van der Waals surface area contributed by atoms with E-state index in [4.69, 9.17) is 6.48 Å². The third-order valence-corrected chi connectivity index (χ3v) is 2.53. The molecule has 1 atom stereocenters. The van der Waals surface area contributed by atoms with Crippen LogP contribution in [0.2, 0.25) is 0 Å². The number of rotatable bonds is 1. The molecular formula is C9H16FNO. The molecule has 0 aromatic rings. The largest absolute Gasteiger partial charge is 0.395 e. The van der Waals surface area contributed by atoms with Gasteiger partial charge in [-0.05, 0) is 19.0 Å². The summed E-state index contributed by atoms with van der Waals surface area (Å²) in [6.07, 6.45) is 1.23. The number of nitrogens with zero attached hydrogens (tertiary/aromatic N) is 1. The Hall–Kier alpha value is -0.410. The fourth-order valence-corrected chi connectivity index (χ4v) is 1.59. The lowest BCUT2D eigenvalue weighted by Gasteiger charge is -2.39. The van der Waals surface area contributed by atoms with Crippen LogP contribution in [-0.2, 0) is 0 Å². The van der Waals surface area contributed by atoms with Crippen molar-refractivity contribution in [3.8, 4) is 0 Å². The van der Waals surface area contributed by atoms with Crippen LogP contribution >= 0.6 is 0 Å². The van der Waals surface area contributed by atoms with Crippen LogP contribution in [0.5, 0.6) is 0 Å². The van der Waals surface area contributed by atoms with E-state index in [0.717, 1.165) is 6.54 Å². The van der Waals surface area contributed by atoms with Crippen LogP contribution in [0.25, 0.3) is 0 Å². The standard InChI is InChI=1S/C9H16FNO/c1-9(7-12)6-11(2)4-3-8(9)5-10/h5,12H,3-4,6-7H2,1-2H3/b8-5+/t9-/m0/s1/i2D. The highest BCUT2D eigenvalue weighted by Gasteiger charge is 2.33. The van der Waals surface area contributed by atoms with Gasteiger partial charge in [-0.2, -0.15) is 0 Å². The van der Waals surface area contributed by atoms with Gasteiger partial charge in [-0.25, -0.2) is 4.39 Å². The van der Waals surface area contributed by atoms with E-state index in [2.05, 4.69) is 0 Å². The average Bonchev–Trinajstić information content (AvgIpc) is 2.17. The predicted octanol–water partition coefficient (Wildman–Crippen LogP) is 1.17. The second-order valence-corrected chi connectivity index (χ2v) is 3.66. The van der Waals surface area contributed by atoms with Crippen molar-refractivity contribution in [3.63, 3.8) is 0 Å². The Morgan fingerprint density at radius 3 is 3.17 bits per heavy atom. The van der Waals surface area contributed by atoms with Crippen molar-refractivity contribution in [3.05, 3.63) is 11.9 Å². The van der Waals surface area contributed by atoms with Gasteiger partial charge < -0.3 is 10.0 Å². The highest BCUT2D eigenvalue weighted by molar-refractivity contribution is 5.15. The van der Waals surface area contributed by atoms with Crippen molar-refractivity contribution in [1.29, 1.82) is 0 Å². The maximum absolute atomic E-state index is 12.5. The molecule has 0 amide bonds. The average molecular weight is 174 g/mol. The predicted molar refractivity (Wildman–Crippen MR) is 46.5 cm³/mol. The summed E-state index contributed by atoms with van der Waals surface area (Å²) < 4.78 is 19.7. The lowest BCUT2D eigenvalue weighted by atomic mass is 9.79. The van der Waals surface area contributed by atoms with Crippen molar-refractivity contribution >= 4 is 0 Å². The zero-order chi connectivity index (χ0) is 9.90. The number of likely N-dealkylation sites (tertiary alicyclic amines) is 1. The van der Waals surface area contributed by atoms with Crippen LogP contribution < -0.4 is 0 Å². The quantitative estimate of drug-likeness (QED) is 0.645. The smallest absolute Gasteiger partial charge is 0.0866 e. The van der Waals surface area contributed by atoms with E-state index in [-0.39, 0.29) is 13.6 Å². The molecule has 1 aliphatic rings. The van der Waals surface area contributed by atoms with Crippen molar-refractivity contribution < 1.29 is 10.9 Å². The summed E-state index contributed by atoms with van der Waals surface area (Å²) in [6.45, 7) is 3.07. The second-order valence-electron chi connectivity index (χ2n) is 3.66. The molecule has 2 nitrogen and oxygen atoms in total. The van der Waals surface area contributed by atoms with Gasteiger partial charge in [0.15, 0.2) is 0 Å². The molecular weight excluding hydrogens is 157 g/mol. The topological polar surface area (TPSA) is 23.5 Å². The Bertz CT molecular complexity index is 210. The number of aliphatic hydroxyl groups is 1. The lowest BCUT2D eigenvalue weighted by molar-refractivity contribution is 0.102. The van der Waals surface area contributed by atoms with Gasteiger partial charge in [-0.1, -0.05) is 6.92 Å². The zero-order valence-electron chi connectivity index (χ0n) is 8.39. The van der Waals surface area contributed by atoms with Gasteiger partial charge in [0.25, 0.3) is 0 Å². The Kier molecular flexibility index (Phi) is 2.42. The molecule has 0 spiro atoms. The summed E-state index contributed by atoms with van der Waals surface area (Å²) in [4.78, 5) is 1.91. The van der Waals surface area contributed by atoms with Crippen LogP contribution in [-0.4, -0.2) is 36.7 Å². The maximum Gasteiger partial charge on any atom is 0.0866 e. The van der Waals surface area contributed by atoms with Gasteiger partial charge in [-0.3, -0.25) is 0 Å². The van der Waals surface area contributed by atoms with E-state index in [1.165, 1.54) is 0 Å². The molecule has 0 unspecified atom stereocenters. The maximum atomic E-state index is 12.5. The summed E-state index contributed by atoms with van der Waals surface area (Å²) in [5.41, 5.74) is 0.174. The van der Waals surface area contributed by atoms with Gasteiger partial charge in [0.2, 0.25) is 0 Å². The minimum absolute atomic E-state index is 0.0563. The number of piperidine rings is 1. The molecule has 0 bridgehead atoms. The SMILES string of the molecule is [2H]CN1CC/C(=C\F)[C@](C)(CO)C1. The number of halogens is 1. The molecule has 1 N–H and O–H groups in total. The summed E-state index contributed by atoms with van der Waals surface area (Å²) >= 11 is 0. The fraction of sp³-hybridized carbons (Fsp3) is 0.778. The van der Waals surface area contributed by atoms with Crippen LogP contribution in [0.3, 0.4) is 0 Å². The highest BCUT2D eigenvalue weighted by atomic mass is 19.1. The van der Waals surface area contributed by atoms with E-state index in [9.17, 15) is 4.39 Å². The first-order chi connectivity index (χ1) is 6.16. The summed E-state index contributed by atoms with van der Waals surface area (Å²) in [6, 6.07) is 0. The Morgan fingerprint density at radius 1 is 1.92 bits per heavy atom. The first kappa shape index (κ1) is 8.20. The van der Waals surface area contributed by atoms with E-state index >= 15 is 0 Å². The van der Waals surface area contributed by atoms with Crippen LogP contribution in [0, 0.1) is 5.41 Å². The molecule has 3 heteroatoms. The number of hydrogen-bond donors (Lipinski definition) is 1. The first-order valence-electron chi connectivity index (χ1n) is 4.79. The van der Waals surface area contributed by atoms with Crippen molar-refractivity contribution in [1.82, 2.24) is 4.90 Å². The summed E-state index contributed by atoms with van der Waals surface area (Å²) in [7, 11) is 0.217. The monoisotopic (exact) mass is 174 g/mol. The van der Waals surface area contributed by atoms with Crippen LogP contribution in [0.4, 0.5) is 4.39 Å². The molecule has 70 valence electrons. The molecule has 0 aromatic carbocycles. The van der Waals surface area contributed by atoms with Gasteiger partial charge in [0, 0.05) is 19.9 Å². The molecule has 0 aromatic heterocycles. The molecule has 1 rings (SSSR count). The molecule has 1 heterocycles. The van der Waals surface area contributed by atoms with Crippen molar-refractivity contribution in [2.75, 3.05) is 26.7 Å². The number of hydrogen-bond acceptors (Lipinski definition) is 2. The minimum atomic E-state index is -0.492. The van der Waals surface area contributed by atoms with E-state index in [1.54, 1.807) is 0 Å². The van der Waals surface area contributed by atoms with Crippen molar-refractivity contribution in [2.24, 2.45) is 5.41 Å². The number of aliphatic hydroxyl groups excluding tert-OH is 1. The Labute approximate surface area is 74.1 Å². The van der Waals surface area contributed by atoms with Crippen molar-refractivity contribution in [2.45, 2.75) is 13.3 Å². The third-order valence-electron chi connectivity index (χ3n) is 2.53. The van der Waals surface area contributed by atoms with Gasteiger partial charge in [0.1, 0.15) is 0 Å². The minimum Gasteiger partial charge on any atom is -0.395 e. The Balaban J connectivity index is 2.74. The van der Waals surface area contributed by atoms with Gasteiger partial charge in [-0.15, -0.1) is 0 Å². The first-order valence-corrected chi connectivity index (χ1v) is 4.08. The van der Waals surface area contributed by atoms with Crippen LogP contribution in [0.15, 0.2) is 11.9 Å². The van der Waals surface area contributed by atoms with Crippen LogP contribution in [0.1, 0.15) is 14.7 Å². The third kappa shape index (κ3) is 1.67. The molecule has 1 fully saturated rings.